The highest BCUT2D eigenvalue weighted by Crippen LogP contribution is 2.38. The summed E-state index contributed by atoms with van der Waals surface area (Å²) in [5, 5.41) is 3.23. The first-order chi connectivity index (χ1) is 7.88. The van der Waals surface area contributed by atoms with E-state index >= 15 is 0 Å². The molecule has 3 aliphatic heterocycles. The molecule has 4 rings (SSSR count). The van der Waals surface area contributed by atoms with Gasteiger partial charge in [-0.1, -0.05) is 25.1 Å². The molecule has 0 aliphatic carbocycles. The average Bonchev–Trinajstić information content (AvgIpc) is 2.57. The molecular formula is C13H13NO2. The van der Waals surface area contributed by atoms with Crippen LogP contribution in [0.25, 0.3) is 6.08 Å². The summed E-state index contributed by atoms with van der Waals surface area (Å²) < 4.78 is 11.1. The summed E-state index contributed by atoms with van der Waals surface area (Å²) in [4.78, 5) is 0. The molecule has 1 aromatic carbocycles. The van der Waals surface area contributed by atoms with Gasteiger partial charge in [-0.3, -0.25) is 0 Å². The van der Waals surface area contributed by atoms with E-state index in [0.717, 1.165) is 41.7 Å². The van der Waals surface area contributed by atoms with Crippen LogP contribution in [-0.4, -0.2) is 6.61 Å². The molecule has 0 aromatic heterocycles. The topological polar surface area (TPSA) is 30.5 Å². The van der Waals surface area contributed by atoms with Gasteiger partial charge in [0.1, 0.15) is 0 Å². The van der Waals surface area contributed by atoms with Gasteiger partial charge in [0.25, 0.3) is 0 Å². The Balaban J connectivity index is 1.93. The molecule has 2 bridgehead atoms. The second-order valence-electron chi connectivity index (χ2n) is 3.83. The molecular weight excluding hydrogens is 202 g/mol. The number of hydrogen-bond acceptors (Lipinski definition) is 3. The van der Waals surface area contributed by atoms with Crippen molar-refractivity contribution in [3.63, 3.8) is 0 Å². The molecule has 1 N–H and O–H groups in total. The lowest BCUT2D eigenvalue weighted by atomic mass is 10.1. The van der Waals surface area contributed by atoms with E-state index in [9.17, 15) is 0 Å². The molecule has 3 nitrogen and oxygen atoms in total. The highest BCUT2D eigenvalue weighted by atomic mass is 16.6. The van der Waals surface area contributed by atoms with Gasteiger partial charge < -0.3 is 14.8 Å². The molecule has 0 radical (unpaired) electrons. The molecule has 0 atom stereocenters. The molecule has 0 unspecified atom stereocenters. The molecule has 3 heterocycles. The maximum absolute atomic E-state index is 5.63. The van der Waals surface area contributed by atoms with Crippen molar-refractivity contribution in [2.75, 3.05) is 11.9 Å². The smallest absolute Gasteiger partial charge is 0.244 e. The molecule has 3 aliphatic rings. The molecule has 3 heteroatoms. The fraction of sp³-hybridized carbons (Fsp3) is 0.231. The SMILES string of the molecule is CCCOC1=C2Nc3ccccc3C=C1O2. The van der Waals surface area contributed by atoms with Gasteiger partial charge in [-0.15, -0.1) is 0 Å². The maximum atomic E-state index is 5.63. The fourth-order valence-corrected chi connectivity index (χ4v) is 1.79. The zero-order valence-corrected chi connectivity index (χ0v) is 9.12. The number of anilines is 1. The third-order valence-electron chi connectivity index (χ3n) is 2.59. The van der Waals surface area contributed by atoms with Crippen LogP contribution in [0.4, 0.5) is 5.69 Å². The number of para-hydroxylation sites is 1. The van der Waals surface area contributed by atoms with E-state index < -0.39 is 0 Å². The molecule has 0 spiro atoms. The molecule has 0 saturated carbocycles. The van der Waals surface area contributed by atoms with Crippen LogP contribution in [0.15, 0.2) is 41.7 Å². The van der Waals surface area contributed by atoms with Crippen LogP contribution in [0.3, 0.4) is 0 Å². The molecule has 16 heavy (non-hydrogen) atoms. The van der Waals surface area contributed by atoms with E-state index in [2.05, 4.69) is 18.3 Å². The maximum Gasteiger partial charge on any atom is 0.244 e. The minimum atomic E-state index is 0.720. The standard InChI is InChI=1S/C13H13NO2/c1-2-7-15-12-11-8-9-5-3-4-6-10(9)14-13(12)16-11/h3-6,8,14H,2,7H2,1H3. The quantitative estimate of drug-likeness (QED) is 0.840. The van der Waals surface area contributed by atoms with E-state index in [1.54, 1.807) is 0 Å². The summed E-state index contributed by atoms with van der Waals surface area (Å²) in [5.74, 6) is 2.39. The molecule has 0 fully saturated rings. The number of nitrogens with one attached hydrogen (secondary N) is 1. The first-order valence-electron chi connectivity index (χ1n) is 5.51. The number of ether oxygens (including phenoxy) is 2. The van der Waals surface area contributed by atoms with Crippen molar-refractivity contribution in [2.24, 2.45) is 0 Å². The van der Waals surface area contributed by atoms with Crippen LogP contribution in [0.1, 0.15) is 18.9 Å². The van der Waals surface area contributed by atoms with E-state index in [1.807, 2.05) is 24.3 Å². The lowest BCUT2D eigenvalue weighted by Gasteiger charge is -2.25. The first-order valence-corrected chi connectivity index (χ1v) is 5.51. The van der Waals surface area contributed by atoms with Gasteiger partial charge in [-0.05, 0) is 18.6 Å². The van der Waals surface area contributed by atoms with Gasteiger partial charge in [-0.25, -0.2) is 0 Å². The van der Waals surface area contributed by atoms with Gasteiger partial charge in [0.2, 0.25) is 11.6 Å². The van der Waals surface area contributed by atoms with Gasteiger partial charge in [-0.2, -0.15) is 0 Å². The van der Waals surface area contributed by atoms with Crippen LogP contribution >= 0.6 is 0 Å². The van der Waals surface area contributed by atoms with Gasteiger partial charge in [0, 0.05) is 11.3 Å². The Morgan fingerprint density at radius 3 is 3.06 bits per heavy atom. The van der Waals surface area contributed by atoms with E-state index in [0.29, 0.717) is 0 Å². The predicted molar refractivity (Wildman–Crippen MR) is 62.4 cm³/mol. The van der Waals surface area contributed by atoms with Crippen molar-refractivity contribution in [3.05, 3.63) is 47.2 Å². The zero-order chi connectivity index (χ0) is 11.0. The minimum absolute atomic E-state index is 0.720. The lowest BCUT2D eigenvalue weighted by Crippen LogP contribution is -2.19. The first kappa shape index (κ1) is 9.33. The highest BCUT2D eigenvalue weighted by Gasteiger charge is 2.31. The molecule has 82 valence electrons. The Morgan fingerprint density at radius 1 is 1.31 bits per heavy atom. The van der Waals surface area contributed by atoms with Crippen molar-refractivity contribution >= 4 is 11.8 Å². The van der Waals surface area contributed by atoms with Crippen LogP contribution in [-0.2, 0) is 9.47 Å². The van der Waals surface area contributed by atoms with Crippen molar-refractivity contribution in [1.29, 1.82) is 0 Å². The van der Waals surface area contributed by atoms with Crippen LogP contribution in [0, 0.1) is 0 Å². The van der Waals surface area contributed by atoms with E-state index in [1.165, 1.54) is 0 Å². The molecule has 1 aromatic rings. The van der Waals surface area contributed by atoms with Crippen LogP contribution < -0.4 is 5.32 Å². The number of benzene rings is 1. The summed E-state index contributed by atoms with van der Waals surface area (Å²) in [5.41, 5.74) is 2.19. The average molecular weight is 215 g/mol. The Bertz CT molecular complexity index is 488. The van der Waals surface area contributed by atoms with Gasteiger partial charge >= 0.3 is 0 Å². The highest BCUT2D eigenvalue weighted by molar-refractivity contribution is 5.75. The van der Waals surface area contributed by atoms with Crippen LogP contribution in [0.2, 0.25) is 0 Å². The van der Waals surface area contributed by atoms with E-state index in [-0.39, 0.29) is 0 Å². The third kappa shape index (κ3) is 1.36. The van der Waals surface area contributed by atoms with Gasteiger partial charge in [0.05, 0.1) is 6.61 Å². The normalized spacial score (nSPS) is 16.2. The summed E-state index contributed by atoms with van der Waals surface area (Å²) in [7, 11) is 0. The van der Waals surface area contributed by atoms with E-state index in [4.69, 9.17) is 9.47 Å². The third-order valence-corrected chi connectivity index (χ3v) is 2.59. The summed E-state index contributed by atoms with van der Waals surface area (Å²) in [6.07, 6.45) is 3.00. The van der Waals surface area contributed by atoms with Crippen molar-refractivity contribution in [3.8, 4) is 0 Å². The van der Waals surface area contributed by atoms with Crippen molar-refractivity contribution in [2.45, 2.75) is 13.3 Å². The van der Waals surface area contributed by atoms with Crippen molar-refractivity contribution < 1.29 is 9.47 Å². The Labute approximate surface area is 94.4 Å². The Hall–Kier alpha value is -1.90. The monoisotopic (exact) mass is 215 g/mol. The zero-order valence-electron chi connectivity index (χ0n) is 9.12. The Kier molecular flexibility index (Phi) is 2.10. The summed E-state index contributed by atoms with van der Waals surface area (Å²) in [6.45, 7) is 2.81. The van der Waals surface area contributed by atoms with Crippen LogP contribution in [0.5, 0.6) is 0 Å². The Morgan fingerprint density at radius 2 is 2.19 bits per heavy atom. The second-order valence-corrected chi connectivity index (χ2v) is 3.83. The number of hydrogen-bond donors (Lipinski definition) is 1. The van der Waals surface area contributed by atoms with Gasteiger partial charge in [0.15, 0.2) is 5.76 Å². The minimum Gasteiger partial charge on any atom is -0.485 e. The predicted octanol–water partition coefficient (Wildman–Crippen LogP) is 3.08. The summed E-state index contributed by atoms with van der Waals surface area (Å²) >= 11 is 0. The van der Waals surface area contributed by atoms with Crippen molar-refractivity contribution in [1.82, 2.24) is 0 Å². The summed E-state index contributed by atoms with van der Waals surface area (Å²) in [6, 6.07) is 8.09. The molecule has 0 saturated heterocycles. The number of rotatable bonds is 3. The fourth-order valence-electron chi connectivity index (χ4n) is 1.79. The second kappa shape index (κ2) is 3.59. The largest absolute Gasteiger partial charge is 0.485 e. The lowest BCUT2D eigenvalue weighted by molar-refractivity contribution is 0.121. The molecule has 0 amide bonds.